The molecule has 1 fully saturated rings. The summed E-state index contributed by atoms with van der Waals surface area (Å²) in [6.45, 7) is 7.49. The first-order valence-corrected chi connectivity index (χ1v) is 9.24. The zero-order chi connectivity index (χ0) is 17.4. The first-order valence-electron chi connectivity index (χ1n) is 9.24. The fourth-order valence-corrected chi connectivity index (χ4v) is 3.84. The Bertz CT molecular complexity index is 898. The first-order chi connectivity index (χ1) is 12.2. The molecule has 0 radical (unpaired) electrons. The number of hydrogen-bond donors (Lipinski definition) is 0. The Morgan fingerprint density at radius 2 is 1.96 bits per heavy atom. The second kappa shape index (κ2) is 6.47. The molecule has 0 saturated carbocycles. The lowest BCUT2D eigenvalue weighted by molar-refractivity contribution is 0.444. The van der Waals surface area contributed by atoms with Gasteiger partial charge in [-0.15, -0.1) is 5.10 Å². The SMILES string of the molecule is CCC1CCCCN1c1cc(C)nc2nc(-c3ccccc3C)nn12. The fourth-order valence-electron chi connectivity index (χ4n) is 3.84. The van der Waals surface area contributed by atoms with Gasteiger partial charge < -0.3 is 4.90 Å². The molecule has 5 nitrogen and oxygen atoms in total. The standard InChI is InChI=1S/C20H25N5/c1-4-16-10-7-8-12-24(16)18-13-15(3)21-20-22-19(23-25(18)20)17-11-6-5-9-14(17)2/h5-6,9,11,13,16H,4,7-8,10,12H2,1-3H3. The Kier molecular flexibility index (Phi) is 4.15. The van der Waals surface area contributed by atoms with Crippen molar-refractivity contribution in [2.24, 2.45) is 0 Å². The number of piperidine rings is 1. The normalized spacial score (nSPS) is 18.0. The van der Waals surface area contributed by atoms with Gasteiger partial charge in [0.25, 0.3) is 5.78 Å². The van der Waals surface area contributed by atoms with Crippen molar-refractivity contribution in [3.63, 3.8) is 0 Å². The van der Waals surface area contributed by atoms with Gasteiger partial charge >= 0.3 is 0 Å². The van der Waals surface area contributed by atoms with Gasteiger partial charge in [-0.2, -0.15) is 9.50 Å². The first kappa shape index (κ1) is 16.1. The molecule has 1 unspecified atom stereocenters. The minimum Gasteiger partial charge on any atom is -0.353 e. The Morgan fingerprint density at radius 1 is 1.12 bits per heavy atom. The topological polar surface area (TPSA) is 46.3 Å². The molecule has 1 atom stereocenters. The van der Waals surface area contributed by atoms with Gasteiger partial charge in [-0.1, -0.05) is 31.2 Å². The predicted octanol–water partition coefficient (Wildman–Crippen LogP) is 4.18. The summed E-state index contributed by atoms with van der Waals surface area (Å²) in [7, 11) is 0. The molecule has 0 bridgehead atoms. The number of aromatic nitrogens is 4. The minimum atomic E-state index is 0.574. The number of rotatable bonds is 3. The van der Waals surface area contributed by atoms with Crippen molar-refractivity contribution < 1.29 is 0 Å². The predicted molar refractivity (Wildman–Crippen MR) is 101 cm³/mol. The van der Waals surface area contributed by atoms with Crippen LogP contribution in [-0.4, -0.2) is 32.2 Å². The number of nitrogens with zero attached hydrogens (tertiary/aromatic N) is 5. The maximum Gasteiger partial charge on any atom is 0.254 e. The zero-order valence-electron chi connectivity index (χ0n) is 15.2. The maximum atomic E-state index is 4.83. The summed E-state index contributed by atoms with van der Waals surface area (Å²) in [5.41, 5.74) is 3.25. The van der Waals surface area contributed by atoms with Gasteiger partial charge in [-0.05, 0) is 45.1 Å². The Hall–Kier alpha value is -2.43. The molecule has 3 heterocycles. The van der Waals surface area contributed by atoms with Crippen molar-refractivity contribution in [3.05, 3.63) is 41.6 Å². The van der Waals surface area contributed by atoms with E-state index in [-0.39, 0.29) is 0 Å². The second-order valence-electron chi connectivity index (χ2n) is 6.97. The van der Waals surface area contributed by atoms with Gasteiger partial charge in [0.05, 0.1) is 0 Å². The molecule has 0 N–H and O–H groups in total. The van der Waals surface area contributed by atoms with E-state index < -0.39 is 0 Å². The summed E-state index contributed by atoms with van der Waals surface area (Å²) in [6, 6.07) is 11.0. The lowest BCUT2D eigenvalue weighted by Gasteiger charge is -2.36. The maximum absolute atomic E-state index is 4.83. The molecular weight excluding hydrogens is 310 g/mol. The van der Waals surface area contributed by atoms with Crippen LogP contribution in [0, 0.1) is 13.8 Å². The van der Waals surface area contributed by atoms with Crippen LogP contribution in [0.2, 0.25) is 0 Å². The second-order valence-corrected chi connectivity index (χ2v) is 6.97. The Labute approximate surface area is 148 Å². The van der Waals surface area contributed by atoms with Crippen molar-refractivity contribution >= 4 is 11.6 Å². The smallest absolute Gasteiger partial charge is 0.254 e. The number of benzene rings is 1. The molecule has 2 aromatic heterocycles. The average molecular weight is 335 g/mol. The number of aryl methyl sites for hydroxylation is 2. The van der Waals surface area contributed by atoms with Gasteiger partial charge in [-0.3, -0.25) is 0 Å². The lowest BCUT2D eigenvalue weighted by atomic mass is 10.00. The highest BCUT2D eigenvalue weighted by Gasteiger charge is 2.24. The molecule has 25 heavy (non-hydrogen) atoms. The highest BCUT2D eigenvalue weighted by Crippen LogP contribution is 2.28. The molecule has 1 saturated heterocycles. The minimum absolute atomic E-state index is 0.574. The molecule has 0 spiro atoms. The van der Waals surface area contributed by atoms with Crippen molar-refractivity contribution in [3.8, 4) is 11.4 Å². The van der Waals surface area contributed by atoms with Crippen LogP contribution < -0.4 is 4.90 Å². The van der Waals surface area contributed by atoms with Crippen molar-refractivity contribution in [1.29, 1.82) is 0 Å². The number of anilines is 1. The number of hydrogen-bond acceptors (Lipinski definition) is 4. The Morgan fingerprint density at radius 3 is 2.76 bits per heavy atom. The van der Waals surface area contributed by atoms with Crippen molar-refractivity contribution in [1.82, 2.24) is 19.6 Å². The van der Waals surface area contributed by atoms with E-state index in [4.69, 9.17) is 10.1 Å². The molecule has 1 aliphatic heterocycles. The van der Waals surface area contributed by atoms with Crippen LogP contribution in [0.25, 0.3) is 17.2 Å². The fraction of sp³-hybridized carbons (Fsp3) is 0.450. The summed E-state index contributed by atoms with van der Waals surface area (Å²) in [5, 5.41) is 4.83. The van der Waals surface area contributed by atoms with E-state index in [1.807, 2.05) is 23.6 Å². The summed E-state index contributed by atoms with van der Waals surface area (Å²) in [6.07, 6.45) is 4.95. The van der Waals surface area contributed by atoms with Crippen LogP contribution in [0.15, 0.2) is 30.3 Å². The van der Waals surface area contributed by atoms with Gasteiger partial charge in [0.15, 0.2) is 5.82 Å². The molecule has 130 valence electrons. The molecule has 3 aromatic rings. The highest BCUT2D eigenvalue weighted by molar-refractivity contribution is 5.62. The quantitative estimate of drug-likeness (QED) is 0.720. The van der Waals surface area contributed by atoms with Crippen LogP contribution in [-0.2, 0) is 0 Å². The zero-order valence-corrected chi connectivity index (χ0v) is 15.2. The van der Waals surface area contributed by atoms with Gasteiger partial charge in [0.1, 0.15) is 5.82 Å². The molecular formula is C20H25N5. The van der Waals surface area contributed by atoms with E-state index >= 15 is 0 Å². The third kappa shape index (κ3) is 2.88. The molecule has 1 aliphatic rings. The monoisotopic (exact) mass is 335 g/mol. The van der Waals surface area contributed by atoms with E-state index in [9.17, 15) is 0 Å². The van der Waals surface area contributed by atoms with Gasteiger partial charge in [0.2, 0.25) is 0 Å². The van der Waals surface area contributed by atoms with Crippen LogP contribution in [0.5, 0.6) is 0 Å². The van der Waals surface area contributed by atoms with Crippen LogP contribution >= 0.6 is 0 Å². The summed E-state index contributed by atoms with van der Waals surface area (Å²) < 4.78 is 1.93. The van der Waals surface area contributed by atoms with Gasteiger partial charge in [-0.25, -0.2) is 4.98 Å². The molecule has 5 heteroatoms. The molecule has 0 aliphatic carbocycles. The largest absolute Gasteiger partial charge is 0.353 e. The third-order valence-corrected chi connectivity index (χ3v) is 5.20. The van der Waals surface area contributed by atoms with E-state index in [0.29, 0.717) is 11.8 Å². The lowest BCUT2D eigenvalue weighted by Crippen LogP contribution is -2.40. The Balaban J connectivity index is 1.86. The van der Waals surface area contributed by atoms with E-state index in [1.54, 1.807) is 0 Å². The van der Waals surface area contributed by atoms with E-state index in [1.165, 1.54) is 24.8 Å². The van der Waals surface area contributed by atoms with Crippen LogP contribution in [0.1, 0.15) is 43.9 Å². The van der Waals surface area contributed by atoms with Crippen molar-refractivity contribution in [2.45, 2.75) is 52.5 Å². The molecule has 4 rings (SSSR count). The van der Waals surface area contributed by atoms with Crippen LogP contribution in [0.4, 0.5) is 5.82 Å². The average Bonchev–Trinajstić information content (AvgIpc) is 3.05. The summed E-state index contributed by atoms with van der Waals surface area (Å²) in [4.78, 5) is 11.8. The molecule has 1 aromatic carbocycles. The van der Waals surface area contributed by atoms with Gasteiger partial charge in [0, 0.05) is 29.9 Å². The summed E-state index contributed by atoms with van der Waals surface area (Å²) in [5.74, 6) is 2.57. The third-order valence-electron chi connectivity index (χ3n) is 5.20. The van der Waals surface area contributed by atoms with Crippen molar-refractivity contribution in [2.75, 3.05) is 11.4 Å². The van der Waals surface area contributed by atoms with Crippen LogP contribution in [0.3, 0.4) is 0 Å². The van der Waals surface area contributed by atoms with E-state index in [0.717, 1.165) is 35.9 Å². The van der Waals surface area contributed by atoms with E-state index in [2.05, 4.69) is 41.9 Å². The summed E-state index contributed by atoms with van der Waals surface area (Å²) >= 11 is 0. The molecule has 0 amide bonds. The number of fused-ring (bicyclic) bond motifs is 1. The highest BCUT2D eigenvalue weighted by atomic mass is 15.4.